The van der Waals surface area contributed by atoms with E-state index in [1.807, 2.05) is 28.9 Å². The van der Waals surface area contributed by atoms with Crippen molar-refractivity contribution in [3.8, 4) is 0 Å². The summed E-state index contributed by atoms with van der Waals surface area (Å²) >= 11 is 7.76. The Labute approximate surface area is 85.9 Å². The molecule has 0 fully saturated rings. The molecule has 0 aliphatic heterocycles. The molecule has 0 saturated heterocycles. The Morgan fingerprint density at radius 3 is 3.23 bits per heavy atom. The molecule has 0 unspecified atom stereocenters. The van der Waals surface area contributed by atoms with E-state index < -0.39 is 0 Å². The molecule has 0 amide bonds. The highest BCUT2D eigenvalue weighted by Gasteiger charge is 2.04. The van der Waals surface area contributed by atoms with Gasteiger partial charge in [-0.3, -0.25) is 0 Å². The van der Waals surface area contributed by atoms with Gasteiger partial charge >= 0.3 is 0 Å². The summed E-state index contributed by atoms with van der Waals surface area (Å²) in [5.41, 5.74) is 2.03. The Balaban J connectivity index is 2.61. The zero-order chi connectivity index (χ0) is 9.26. The van der Waals surface area contributed by atoms with E-state index in [-0.39, 0.29) is 0 Å². The van der Waals surface area contributed by atoms with Crippen LogP contribution in [0, 0.1) is 0 Å². The summed E-state index contributed by atoms with van der Waals surface area (Å²) in [6.07, 6.45) is 5.93. The number of hydrogen-bond acceptors (Lipinski definition) is 2. The minimum absolute atomic E-state index is 0.704. The van der Waals surface area contributed by atoms with Gasteiger partial charge < -0.3 is 4.40 Å². The van der Waals surface area contributed by atoms with Gasteiger partial charge in [-0.15, -0.1) is 0 Å². The lowest BCUT2D eigenvalue weighted by molar-refractivity contribution is 1.09. The zero-order valence-corrected chi connectivity index (χ0v) is 8.77. The van der Waals surface area contributed by atoms with Crippen molar-refractivity contribution < 1.29 is 0 Å². The minimum atomic E-state index is 0.704. The van der Waals surface area contributed by atoms with Gasteiger partial charge in [0.05, 0.1) is 16.9 Å². The molecule has 0 radical (unpaired) electrons. The molecule has 2 rings (SSSR count). The van der Waals surface area contributed by atoms with E-state index in [1.165, 1.54) is 5.69 Å². The van der Waals surface area contributed by atoms with Crippen molar-refractivity contribution in [1.82, 2.24) is 9.38 Å². The summed E-state index contributed by atoms with van der Waals surface area (Å²) in [6, 6.07) is 3.79. The highest BCUT2D eigenvalue weighted by atomic mass is 35.5. The van der Waals surface area contributed by atoms with Crippen molar-refractivity contribution in [1.29, 1.82) is 0 Å². The van der Waals surface area contributed by atoms with Crippen molar-refractivity contribution in [2.24, 2.45) is 0 Å². The van der Waals surface area contributed by atoms with Gasteiger partial charge in [0, 0.05) is 11.9 Å². The first-order valence-electron chi connectivity index (χ1n) is 3.92. The number of pyridine rings is 1. The van der Waals surface area contributed by atoms with E-state index in [1.54, 1.807) is 11.8 Å². The van der Waals surface area contributed by atoms with Crippen molar-refractivity contribution in [3.05, 3.63) is 35.2 Å². The van der Waals surface area contributed by atoms with Crippen LogP contribution < -0.4 is 0 Å². The average Bonchev–Trinajstić information content (AvgIpc) is 2.51. The molecule has 2 nitrogen and oxygen atoms in total. The van der Waals surface area contributed by atoms with E-state index in [9.17, 15) is 0 Å². The molecule has 0 aliphatic rings. The molecule has 0 spiro atoms. The van der Waals surface area contributed by atoms with Gasteiger partial charge in [-0.05, 0) is 18.4 Å². The van der Waals surface area contributed by atoms with Crippen LogP contribution in [0.2, 0.25) is 5.02 Å². The third kappa shape index (κ3) is 1.54. The van der Waals surface area contributed by atoms with Crippen molar-refractivity contribution in [2.75, 3.05) is 6.26 Å². The zero-order valence-electron chi connectivity index (χ0n) is 7.20. The number of thioether (sulfide) groups is 1. The first kappa shape index (κ1) is 8.91. The SMILES string of the molecule is CSCc1cnc2c(Cl)cccn12. The third-order valence-corrected chi connectivity index (χ3v) is 2.74. The molecule has 4 heteroatoms. The fourth-order valence-corrected chi connectivity index (χ4v) is 2.00. The van der Waals surface area contributed by atoms with E-state index in [0.717, 1.165) is 11.4 Å². The summed E-state index contributed by atoms with van der Waals surface area (Å²) in [5.74, 6) is 0.960. The molecular weight excluding hydrogens is 204 g/mol. The highest BCUT2D eigenvalue weighted by molar-refractivity contribution is 7.97. The maximum atomic E-state index is 5.98. The van der Waals surface area contributed by atoms with Gasteiger partial charge in [-0.2, -0.15) is 11.8 Å². The maximum Gasteiger partial charge on any atom is 0.155 e. The van der Waals surface area contributed by atoms with Gasteiger partial charge in [0.1, 0.15) is 0 Å². The third-order valence-electron chi connectivity index (χ3n) is 1.86. The van der Waals surface area contributed by atoms with E-state index >= 15 is 0 Å². The fraction of sp³-hybridized carbons (Fsp3) is 0.222. The number of aromatic nitrogens is 2. The summed E-state index contributed by atoms with van der Waals surface area (Å²) < 4.78 is 2.03. The van der Waals surface area contributed by atoms with Crippen LogP contribution in [0.15, 0.2) is 24.5 Å². The van der Waals surface area contributed by atoms with Crippen molar-refractivity contribution in [2.45, 2.75) is 5.75 Å². The summed E-state index contributed by atoms with van der Waals surface area (Å²) in [4.78, 5) is 4.25. The number of imidazole rings is 1. The molecule has 0 bridgehead atoms. The number of nitrogens with zero attached hydrogens (tertiary/aromatic N) is 2. The number of fused-ring (bicyclic) bond motifs is 1. The molecule has 0 atom stereocenters. The fourth-order valence-electron chi connectivity index (χ4n) is 1.28. The Morgan fingerprint density at radius 2 is 2.46 bits per heavy atom. The lowest BCUT2D eigenvalue weighted by Crippen LogP contribution is -1.89. The first-order chi connectivity index (χ1) is 6.33. The van der Waals surface area contributed by atoms with Gasteiger partial charge in [-0.25, -0.2) is 4.98 Å². The molecule has 0 aromatic carbocycles. The molecular formula is C9H9ClN2S. The predicted octanol–water partition coefficient (Wildman–Crippen LogP) is 2.85. The van der Waals surface area contributed by atoms with Crippen LogP contribution in [-0.4, -0.2) is 15.6 Å². The molecule has 13 heavy (non-hydrogen) atoms. The Hall–Kier alpha value is -0.670. The van der Waals surface area contributed by atoms with Gasteiger partial charge in [0.15, 0.2) is 5.65 Å². The second-order valence-electron chi connectivity index (χ2n) is 2.73. The van der Waals surface area contributed by atoms with Gasteiger partial charge in [-0.1, -0.05) is 11.6 Å². The van der Waals surface area contributed by atoms with E-state index in [2.05, 4.69) is 11.2 Å². The van der Waals surface area contributed by atoms with Crippen LogP contribution in [0.1, 0.15) is 5.69 Å². The van der Waals surface area contributed by atoms with Gasteiger partial charge in [0.2, 0.25) is 0 Å². The quantitative estimate of drug-likeness (QED) is 0.762. The van der Waals surface area contributed by atoms with Crippen LogP contribution >= 0.6 is 23.4 Å². The number of hydrogen-bond donors (Lipinski definition) is 0. The molecule has 2 aromatic heterocycles. The second-order valence-corrected chi connectivity index (χ2v) is 4.01. The molecule has 0 saturated carbocycles. The van der Waals surface area contributed by atoms with Gasteiger partial charge in [0.25, 0.3) is 0 Å². The summed E-state index contributed by atoms with van der Waals surface area (Å²) in [7, 11) is 0. The minimum Gasteiger partial charge on any atom is -0.302 e. The van der Waals surface area contributed by atoms with E-state index in [4.69, 9.17) is 11.6 Å². The maximum absolute atomic E-state index is 5.98. The monoisotopic (exact) mass is 212 g/mol. The number of rotatable bonds is 2. The lowest BCUT2D eigenvalue weighted by atomic mass is 10.4. The van der Waals surface area contributed by atoms with Crippen LogP contribution in [0.5, 0.6) is 0 Å². The molecule has 68 valence electrons. The Morgan fingerprint density at radius 1 is 1.62 bits per heavy atom. The molecule has 0 N–H and O–H groups in total. The molecule has 2 heterocycles. The normalized spacial score (nSPS) is 10.9. The standard InChI is InChI=1S/C9H9ClN2S/c1-13-6-7-5-11-9-8(10)3-2-4-12(7)9/h2-5H,6H2,1H3. The highest BCUT2D eigenvalue weighted by Crippen LogP contribution is 2.18. The number of halogens is 1. The van der Waals surface area contributed by atoms with Crippen LogP contribution in [0.4, 0.5) is 0 Å². The first-order valence-corrected chi connectivity index (χ1v) is 5.69. The smallest absolute Gasteiger partial charge is 0.155 e. The van der Waals surface area contributed by atoms with Crippen LogP contribution in [-0.2, 0) is 5.75 Å². The summed E-state index contributed by atoms with van der Waals surface area (Å²) in [5, 5.41) is 0.704. The van der Waals surface area contributed by atoms with Crippen LogP contribution in [0.3, 0.4) is 0 Å². The van der Waals surface area contributed by atoms with Crippen molar-refractivity contribution in [3.63, 3.8) is 0 Å². The Kier molecular flexibility index (Phi) is 2.47. The van der Waals surface area contributed by atoms with Crippen LogP contribution in [0.25, 0.3) is 5.65 Å². The molecule has 0 aliphatic carbocycles. The average molecular weight is 213 g/mol. The lowest BCUT2D eigenvalue weighted by Gasteiger charge is -1.99. The summed E-state index contributed by atoms with van der Waals surface area (Å²) in [6.45, 7) is 0. The predicted molar refractivity (Wildman–Crippen MR) is 57.4 cm³/mol. The van der Waals surface area contributed by atoms with E-state index in [0.29, 0.717) is 5.02 Å². The topological polar surface area (TPSA) is 17.3 Å². The largest absolute Gasteiger partial charge is 0.302 e. The Bertz CT molecular complexity index is 424. The molecule has 2 aromatic rings. The van der Waals surface area contributed by atoms with Crippen molar-refractivity contribution >= 4 is 29.0 Å². The second kappa shape index (κ2) is 3.60.